The molecule has 0 bridgehead atoms. The molecule has 1 N–H and O–H groups in total. The van der Waals surface area contributed by atoms with Crippen LogP contribution in [0.15, 0.2) is 12.1 Å². The molecule has 0 aliphatic carbocycles. The van der Waals surface area contributed by atoms with Gasteiger partial charge in [-0.15, -0.1) is 0 Å². The molecule has 2 nitrogen and oxygen atoms in total. The first-order chi connectivity index (χ1) is 5.65. The standard InChI is InChI=1S/C7H5FI2O2/c8-3-12-4-1-5(9)7(11)6(10)2-4/h1-2,11H,3H2. The Morgan fingerprint density at radius 1 is 1.33 bits per heavy atom. The Morgan fingerprint density at radius 2 is 1.83 bits per heavy atom. The molecule has 0 aromatic heterocycles. The van der Waals surface area contributed by atoms with E-state index in [4.69, 9.17) is 0 Å². The Balaban J connectivity index is 3.04. The molecule has 0 saturated carbocycles. The number of phenols is 1. The molecule has 66 valence electrons. The molecule has 12 heavy (non-hydrogen) atoms. The molecule has 0 aliphatic rings. The molecular weight excluding hydrogens is 389 g/mol. The quantitative estimate of drug-likeness (QED) is 0.783. The van der Waals surface area contributed by atoms with E-state index >= 15 is 0 Å². The lowest BCUT2D eigenvalue weighted by atomic mass is 10.3. The van der Waals surface area contributed by atoms with Crippen molar-refractivity contribution in [1.29, 1.82) is 0 Å². The summed E-state index contributed by atoms with van der Waals surface area (Å²) in [6.07, 6.45) is 0. The van der Waals surface area contributed by atoms with Crippen molar-refractivity contribution in [1.82, 2.24) is 0 Å². The van der Waals surface area contributed by atoms with E-state index in [9.17, 15) is 9.50 Å². The van der Waals surface area contributed by atoms with Gasteiger partial charge in [0.05, 0.1) is 7.14 Å². The van der Waals surface area contributed by atoms with Crippen LogP contribution < -0.4 is 4.74 Å². The molecule has 1 aromatic rings. The van der Waals surface area contributed by atoms with Crippen molar-refractivity contribution >= 4 is 45.2 Å². The van der Waals surface area contributed by atoms with Crippen molar-refractivity contribution in [3.63, 3.8) is 0 Å². The average Bonchev–Trinajstić information content (AvgIpc) is 2.01. The van der Waals surface area contributed by atoms with Gasteiger partial charge in [0.1, 0.15) is 11.5 Å². The monoisotopic (exact) mass is 394 g/mol. The van der Waals surface area contributed by atoms with Crippen LogP contribution in [0.25, 0.3) is 0 Å². The van der Waals surface area contributed by atoms with E-state index in [1.165, 1.54) is 0 Å². The van der Waals surface area contributed by atoms with Gasteiger partial charge >= 0.3 is 0 Å². The minimum atomic E-state index is -0.850. The molecule has 5 heteroatoms. The van der Waals surface area contributed by atoms with Crippen LogP contribution in [-0.2, 0) is 0 Å². The molecule has 0 unspecified atom stereocenters. The van der Waals surface area contributed by atoms with Crippen LogP contribution in [-0.4, -0.2) is 12.0 Å². The maximum atomic E-state index is 11.8. The number of phenolic OH excluding ortho intramolecular Hbond substituents is 1. The van der Waals surface area contributed by atoms with Crippen molar-refractivity contribution in [2.24, 2.45) is 0 Å². The molecule has 0 aliphatic heterocycles. The fourth-order valence-corrected chi connectivity index (χ4v) is 2.40. The number of alkyl halides is 1. The van der Waals surface area contributed by atoms with Crippen molar-refractivity contribution in [2.75, 3.05) is 6.86 Å². The molecule has 0 spiro atoms. The predicted molar refractivity (Wildman–Crippen MR) is 60.1 cm³/mol. The largest absolute Gasteiger partial charge is 0.506 e. The average molecular weight is 394 g/mol. The van der Waals surface area contributed by atoms with E-state index in [-0.39, 0.29) is 5.75 Å². The normalized spacial score (nSPS) is 9.92. The maximum Gasteiger partial charge on any atom is 0.228 e. The minimum absolute atomic E-state index is 0.211. The molecule has 0 amide bonds. The minimum Gasteiger partial charge on any atom is -0.506 e. The Labute approximate surface area is 96.4 Å². The summed E-state index contributed by atoms with van der Waals surface area (Å²) in [6, 6.07) is 3.16. The smallest absolute Gasteiger partial charge is 0.228 e. The second-order valence-electron chi connectivity index (χ2n) is 1.99. The summed E-state index contributed by atoms with van der Waals surface area (Å²) in [7, 11) is 0. The molecular formula is C7H5FI2O2. The summed E-state index contributed by atoms with van der Waals surface area (Å²) in [5, 5.41) is 9.33. The van der Waals surface area contributed by atoms with Crippen LogP contribution in [0.2, 0.25) is 0 Å². The highest BCUT2D eigenvalue weighted by atomic mass is 127. The first kappa shape index (κ1) is 10.3. The Morgan fingerprint density at radius 3 is 2.25 bits per heavy atom. The molecule has 1 rings (SSSR count). The number of hydrogen-bond acceptors (Lipinski definition) is 2. The number of ether oxygens (including phenoxy) is 1. The summed E-state index contributed by atoms with van der Waals surface area (Å²) < 4.78 is 17.7. The zero-order chi connectivity index (χ0) is 9.14. The summed E-state index contributed by atoms with van der Waals surface area (Å²) in [4.78, 5) is 0. The van der Waals surface area contributed by atoms with E-state index < -0.39 is 6.86 Å². The van der Waals surface area contributed by atoms with Crippen molar-refractivity contribution in [3.8, 4) is 11.5 Å². The van der Waals surface area contributed by atoms with Crippen molar-refractivity contribution in [2.45, 2.75) is 0 Å². The van der Waals surface area contributed by atoms with E-state index in [1.54, 1.807) is 12.1 Å². The number of hydrogen-bond donors (Lipinski definition) is 1. The van der Waals surface area contributed by atoms with E-state index in [0.29, 0.717) is 12.9 Å². The van der Waals surface area contributed by atoms with Crippen LogP contribution in [0, 0.1) is 7.14 Å². The van der Waals surface area contributed by atoms with Crippen LogP contribution in [0.4, 0.5) is 4.39 Å². The zero-order valence-electron chi connectivity index (χ0n) is 5.85. The van der Waals surface area contributed by atoms with Gasteiger partial charge in [0.15, 0.2) is 0 Å². The molecule has 0 heterocycles. The molecule has 0 fully saturated rings. The van der Waals surface area contributed by atoms with Gasteiger partial charge in [0.25, 0.3) is 0 Å². The fraction of sp³-hybridized carbons (Fsp3) is 0.143. The molecule has 0 saturated heterocycles. The van der Waals surface area contributed by atoms with Crippen LogP contribution >= 0.6 is 45.2 Å². The van der Waals surface area contributed by atoms with Gasteiger partial charge in [0.2, 0.25) is 6.86 Å². The first-order valence-corrected chi connectivity index (χ1v) is 5.17. The molecule has 0 radical (unpaired) electrons. The number of halogens is 3. The van der Waals surface area contributed by atoms with Gasteiger partial charge in [-0.1, -0.05) is 0 Å². The van der Waals surface area contributed by atoms with Gasteiger partial charge in [0, 0.05) is 0 Å². The van der Waals surface area contributed by atoms with Gasteiger partial charge in [-0.05, 0) is 57.3 Å². The Hall–Kier alpha value is 0.210. The zero-order valence-corrected chi connectivity index (χ0v) is 10.2. The highest BCUT2D eigenvalue weighted by Gasteiger charge is 2.05. The van der Waals surface area contributed by atoms with Crippen LogP contribution in [0.3, 0.4) is 0 Å². The van der Waals surface area contributed by atoms with E-state index in [1.807, 2.05) is 45.2 Å². The molecule has 0 atom stereocenters. The highest BCUT2D eigenvalue weighted by Crippen LogP contribution is 2.30. The van der Waals surface area contributed by atoms with Gasteiger partial charge in [-0.25, -0.2) is 4.39 Å². The van der Waals surface area contributed by atoms with E-state index in [0.717, 1.165) is 0 Å². The lowest BCUT2D eigenvalue weighted by molar-refractivity contribution is 0.191. The maximum absolute atomic E-state index is 11.8. The van der Waals surface area contributed by atoms with E-state index in [2.05, 4.69) is 4.74 Å². The van der Waals surface area contributed by atoms with Crippen LogP contribution in [0.1, 0.15) is 0 Å². The summed E-state index contributed by atoms with van der Waals surface area (Å²) in [6.45, 7) is -0.850. The topological polar surface area (TPSA) is 29.5 Å². The van der Waals surface area contributed by atoms with Crippen molar-refractivity contribution < 1.29 is 14.2 Å². The van der Waals surface area contributed by atoms with Crippen LogP contribution in [0.5, 0.6) is 11.5 Å². The number of benzene rings is 1. The van der Waals surface area contributed by atoms with Gasteiger partial charge < -0.3 is 9.84 Å². The third-order valence-electron chi connectivity index (χ3n) is 1.21. The SMILES string of the molecule is Oc1c(I)cc(OCF)cc1I. The third kappa shape index (κ3) is 2.35. The number of aromatic hydroxyl groups is 1. The Bertz CT molecular complexity index is 268. The third-order valence-corrected chi connectivity index (χ3v) is 2.86. The first-order valence-electron chi connectivity index (χ1n) is 3.02. The Kier molecular flexibility index (Phi) is 3.81. The predicted octanol–water partition coefficient (Wildman–Crippen LogP) is 2.91. The van der Waals surface area contributed by atoms with Gasteiger partial charge in [-0.3, -0.25) is 0 Å². The second kappa shape index (κ2) is 4.45. The summed E-state index contributed by atoms with van der Waals surface area (Å²) in [5.74, 6) is 0.645. The number of rotatable bonds is 2. The lowest BCUT2D eigenvalue weighted by Crippen LogP contribution is -1.91. The van der Waals surface area contributed by atoms with Gasteiger partial charge in [-0.2, -0.15) is 0 Å². The molecule has 1 aromatic carbocycles. The summed E-state index contributed by atoms with van der Waals surface area (Å²) >= 11 is 3.92. The lowest BCUT2D eigenvalue weighted by Gasteiger charge is -2.04. The highest BCUT2D eigenvalue weighted by molar-refractivity contribution is 14.1. The van der Waals surface area contributed by atoms with Crippen molar-refractivity contribution in [3.05, 3.63) is 19.3 Å². The second-order valence-corrected chi connectivity index (χ2v) is 4.31. The fourth-order valence-electron chi connectivity index (χ4n) is 0.689. The summed E-state index contributed by atoms with van der Waals surface area (Å²) in [5.41, 5.74) is 0.